The zero-order valence-corrected chi connectivity index (χ0v) is 19.9. The summed E-state index contributed by atoms with van der Waals surface area (Å²) < 4.78 is 0. The Balaban J connectivity index is 1.71. The van der Waals surface area contributed by atoms with E-state index < -0.39 is 0 Å². The molecule has 0 aliphatic carbocycles. The largest absolute Gasteiger partial charge is 0.354 e. The third-order valence-corrected chi connectivity index (χ3v) is 5.49. The van der Waals surface area contributed by atoms with Crippen LogP contribution in [0.3, 0.4) is 0 Å². The van der Waals surface area contributed by atoms with Crippen LogP contribution >= 0.6 is 0 Å². The molecule has 0 bridgehead atoms. The van der Waals surface area contributed by atoms with E-state index in [1.807, 2.05) is 48.5 Å². The lowest BCUT2D eigenvalue weighted by molar-refractivity contribution is -0.110. The number of anilines is 2. The highest BCUT2D eigenvalue weighted by atomic mass is 16.2. The van der Waals surface area contributed by atoms with Gasteiger partial charge in [0.25, 0.3) is 5.91 Å². The monoisotopic (exact) mass is 450 g/mol. The molecule has 3 aromatic carbocycles. The molecule has 0 aromatic heterocycles. The number of fused-ring (bicyclic) bond motifs is 1. The molecule has 34 heavy (non-hydrogen) atoms. The number of carbonyl (C=O) groups excluding carboxylic acids is 1. The molecule has 0 fully saturated rings. The Morgan fingerprint density at radius 1 is 1.00 bits per heavy atom. The molecular weight excluding hydrogens is 420 g/mol. The summed E-state index contributed by atoms with van der Waals surface area (Å²) in [7, 11) is 4.11. The maximum absolute atomic E-state index is 13.2. The first-order valence-electron chi connectivity index (χ1n) is 11.5. The van der Waals surface area contributed by atoms with Crippen molar-refractivity contribution < 1.29 is 4.79 Å². The molecule has 3 aromatic rings. The van der Waals surface area contributed by atoms with Crippen molar-refractivity contribution in [3.63, 3.8) is 0 Å². The van der Waals surface area contributed by atoms with Crippen LogP contribution in [0.4, 0.5) is 11.4 Å². The predicted octanol–water partition coefficient (Wildman–Crippen LogP) is 4.64. The standard InChI is InChI=1S/C29H30N4O/c1-4-30-18-8-9-21-14-17-25-26(19-21)32-29(34)27(25)28(23-10-6-5-7-11-23)31-24-15-12-22(13-16-24)20-33(2)3/h5-7,10-17,19,30-31H,4,18,20H2,1-3H3,(H,32,34). The van der Waals surface area contributed by atoms with Gasteiger partial charge in [-0.2, -0.15) is 0 Å². The number of amides is 1. The average molecular weight is 451 g/mol. The summed E-state index contributed by atoms with van der Waals surface area (Å²) in [6.07, 6.45) is 0. The van der Waals surface area contributed by atoms with E-state index in [0.717, 1.165) is 46.9 Å². The van der Waals surface area contributed by atoms with Gasteiger partial charge in [-0.15, -0.1) is 0 Å². The van der Waals surface area contributed by atoms with Gasteiger partial charge in [0.1, 0.15) is 0 Å². The van der Waals surface area contributed by atoms with E-state index in [4.69, 9.17) is 0 Å². The van der Waals surface area contributed by atoms with E-state index in [0.29, 0.717) is 12.1 Å². The second kappa shape index (κ2) is 10.8. The number of carbonyl (C=O) groups is 1. The van der Waals surface area contributed by atoms with Crippen LogP contribution in [-0.4, -0.2) is 38.0 Å². The van der Waals surface area contributed by atoms with Crippen LogP contribution in [0.15, 0.2) is 72.8 Å². The first-order valence-corrected chi connectivity index (χ1v) is 11.5. The first-order chi connectivity index (χ1) is 16.5. The number of hydrogen-bond acceptors (Lipinski definition) is 4. The lowest BCUT2D eigenvalue weighted by atomic mass is 9.99. The van der Waals surface area contributed by atoms with Crippen molar-refractivity contribution in [3.8, 4) is 11.8 Å². The molecule has 1 amide bonds. The Morgan fingerprint density at radius 2 is 1.76 bits per heavy atom. The lowest BCUT2D eigenvalue weighted by Gasteiger charge is -2.16. The van der Waals surface area contributed by atoms with Crippen molar-refractivity contribution >= 4 is 28.6 Å². The molecular formula is C29H30N4O. The van der Waals surface area contributed by atoms with E-state index in [1.165, 1.54) is 5.56 Å². The van der Waals surface area contributed by atoms with Crippen LogP contribution in [0.25, 0.3) is 11.3 Å². The zero-order valence-electron chi connectivity index (χ0n) is 19.9. The summed E-state index contributed by atoms with van der Waals surface area (Å²) in [5.74, 6) is 6.15. The van der Waals surface area contributed by atoms with Crippen molar-refractivity contribution in [1.29, 1.82) is 0 Å². The molecule has 1 heterocycles. The van der Waals surface area contributed by atoms with Gasteiger partial charge in [-0.3, -0.25) is 4.79 Å². The summed E-state index contributed by atoms with van der Waals surface area (Å²) in [5, 5.41) is 9.74. The fourth-order valence-electron chi connectivity index (χ4n) is 3.92. The van der Waals surface area contributed by atoms with E-state index in [1.54, 1.807) is 0 Å². The zero-order chi connectivity index (χ0) is 23.9. The molecule has 0 saturated heterocycles. The highest BCUT2D eigenvalue weighted by Crippen LogP contribution is 2.38. The molecule has 0 atom stereocenters. The fourth-order valence-corrected chi connectivity index (χ4v) is 3.92. The van der Waals surface area contributed by atoms with Crippen LogP contribution in [-0.2, 0) is 11.3 Å². The van der Waals surface area contributed by atoms with Gasteiger partial charge in [0.15, 0.2) is 0 Å². The molecule has 5 nitrogen and oxygen atoms in total. The number of rotatable bonds is 7. The normalized spacial score (nSPS) is 13.7. The van der Waals surface area contributed by atoms with Crippen LogP contribution < -0.4 is 16.0 Å². The number of benzene rings is 3. The third kappa shape index (κ3) is 5.55. The Morgan fingerprint density at radius 3 is 2.47 bits per heavy atom. The number of hydrogen-bond donors (Lipinski definition) is 3. The Labute approximate surface area is 201 Å². The highest BCUT2D eigenvalue weighted by molar-refractivity contribution is 6.37. The molecule has 0 unspecified atom stereocenters. The highest BCUT2D eigenvalue weighted by Gasteiger charge is 2.28. The fraction of sp³-hybridized carbons (Fsp3) is 0.207. The minimum absolute atomic E-state index is 0.122. The van der Waals surface area contributed by atoms with Gasteiger partial charge in [-0.05, 0) is 56.0 Å². The Hall–Kier alpha value is -3.85. The van der Waals surface area contributed by atoms with Gasteiger partial charge in [-0.25, -0.2) is 0 Å². The SMILES string of the molecule is CCNCC#Cc1ccc2c(c1)NC(=O)C2=C(Nc1ccc(CN(C)C)cc1)c1ccccc1. The lowest BCUT2D eigenvalue weighted by Crippen LogP contribution is -2.11. The van der Waals surface area contributed by atoms with E-state index >= 15 is 0 Å². The molecule has 0 saturated carbocycles. The number of nitrogens with zero attached hydrogens (tertiary/aromatic N) is 1. The summed E-state index contributed by atoms with van der Waals surface area (Å²) in [6.45, 7) is 4.46. The van der Waals surface area contributed by atoms with Gasteiger partial charge >= 0.3 is 0 Å². The van der Waals surface area contributed by atoms with Gasteiger partial charge in [-0.1, -0.05) is 67.3 Å². The second-order valence-electron chi connectivity index (χ2n) is 8.47. The van der Waals surface area contributed by atoms with Gasteiger partial charge < -0.3 is 20.9 Å². The molecule has 0 spiro atoms. The molecule has 1 aliphatic heterocycles. The summed E-state index contributed by atoms with van der Waals surface area (Å²) in [5.41, 5.74) is 7.06. The maximum atomic E-state index is 13.2. The quantitative estimate of drug-likeness (QED) is 0.279. The van der Waals surface area contributed by atoms with Crippen molar-refractivity contribution in [2.45, 2.75) is 13.5 Å². The summed E-state index contributed by atoms with van der Waals surface area (Å²) >= 11 is 0. The van der Waals surface area contributed by atoms with Crippen LogP contribution in [0.5, 0.6) is 0 Å². The number of nitrogens with one attached hydrogen (secondary N) is 3. The maximum Gasteiger partial charge on any atom is 0.258 e. The van der Waals surface area contributed by atoms with Gasteiger partial charge in [0, 0.05) is 23.4 Å². The van der Waals surface area contributed by atoms with Crippen molar-refractivity contribution in [2.24, 2.45) is 0 Å². The summed E-state index contributed by atoms with van der Waals surface area (Å²) in [4.78, 5) is 15.3. The minimum Gasteiger partial charge on any atom is -0.354 e. The molecule has 0 radical (unpaired) electrons. The van der Waals surface area contributed by atoms with Crippen molar-refractivity contribution in [1.82, 2.24) is 10.2 Å². The van der Waals surface area contributed by atoms with E-state index in [-0.39, 0.29) is 5.91 Å². The van der Waals surface area contributed by atoms with Crippen molar-refractivity contribution in [2.75, 3.05) is 37.8 Å². The topological polar surface area (TPSA) is 56.4 Å². The molecule has 4 rings (SSSR count). The molecule has 3 N–H and O–H groups in total. The summed E-state index contributed by atoms with van der Waals surface area (Å²) in [6, 6.07) is 24.2. The minimum atomic E-state index is -0.122. The molecule has 172 valence electrons. The van der Waals surface area contributed by atoms with E-state index in [2.05, 4.69) is 78.0 Å². The molecule has 1 aliphatic rings. The van der Waals surface area contributed by atoms with Crippen LogP contribution in [0.2, 0.25) is 0 Å². The smallest absolute Gasteiger partial charge is 0.258 e. The van der Waals surface area contributed by atoms with Crippen molar-refractivity contribution in [3.05, 3.63) is 95.1 Å². The van der Waals surface area contributed by atoms with Crippen LogP contribution in [0.1, 0.15) is 29.2 Å². The average Bonchev–Trinajstić information content (AvgIpc) is 3.16. The third-order valence-electron chi connectivity index (χ3n) is 5.49. The second-order valence-corrected chi connectivity index (χ2v) is 8.47. The predicted molar refractivity (Wildman–Crippen MR) is 141 cm³/mol. The van der Waals surface area contributed by atoms with Gasteiger partial charge in [0.2, 0.25) is 0 Å². The first kappa shape index (κ1) is 23.3. The Bertz CT molecular complexity index is 1250. The molecule has 5 heteroatoms. The van der Waals surface area contributed by atoms with E-state index in [9.17, 15) is 4.79 Å². The Kier molecular flexibility index (Phi) is 7.44. The van der Waals surface area contributed by atoms with Crippen LogP contribution in [0, 0.1) is 11.8 Å². The van der Waals surface area contributed by atoms with Gasteiger partial charge in [0.05, 0.1) is 23.5 Å².